The zero-order valence-corrected chi connectivity index (χ0v) is 11.3. The second kappa shape index (κ2) is 6.68. The molecular weight excluding hydrogens is 246 g/mol. The van der Waals surface area contributed by atoms with Crippen molar-refractivity contribution < 1.29 is 14.5 Å². The molecule has 0 atom stereocenters. The molecule has 0 N–H and O–H groups in total. The number of rotatable bonds is 6. The maximum Gasteiger partial charge on any atom is 0.276 e. The fourth-order valence-corrected chi connectivity index (χ4v) is 1.59. The lowest BCUT2D eigenvalue weighted by Gasteiger charge is -2.04. The van der Waals surface area contributed by atoms with Gasteiger partial charge in [-0.1, -0.05) is 11.6 Å². The molecule has 5 heteroatoms. The summed E-state index contributed by atoms with van der Waals surface area (Å²) >= 11 is 0. The molecule has 0 fully saturated rings. The third-order valence-corrected chi connectivity index (χ3v) is 2.61. The summed E-state index contributed by atoms with van der Waals surface area (Å²) in [5.41, 5.74) is 1.39. The molecule has 0 spiro atoms. The van der Waals surface area contributed by atoms with Crippen molar-refractivity contribution in [3.05, 3.63) is 45.5 Å². The molecule has 0 bridgehead atoms. The highest BCUT2D eigenvalue weighted by Crippen LogP contribution is 2.25. The fourth-order valence-electron chi connectivity index (χ4n) is 1.59. The van der Waals surface area contributed by atoms with E-state index in [9.17, 15) is 14.9 Å². The van der Waals surface area contributed by atoms with Crippen LogP contribution in [0.2, 0.25) is 0 Å². The summed E-state index contributed by atoms with van der Waals surface area (Å²) in [6.07, 6.45) is 2.17. The summed E-state index contributed by atoms with van der Waals surface area (Å²) in [5, 5.41) is 11.0. The van der Waals surface area contributed by atoms with E-state index in [4.69, 9.17) is 4.74 Å². The van der Waals surface area contributed by atoms with E-state index in [1.807, 2.05) is 19.9 Å². The number of carbonyl (C=O) groups is 1. The smallest absolute Gasteiger partial charge is 0.276 e. The topological polar surface area (TPSA) is 69.4 Å². The van der Waals surface area contributed by atoms with E-state index in [-0.39, 0.29) is 17.9 Å². The number of nitro benzene ring substituents is 1. The van der Waals surface area contributed by atoms with Gasteiger partial charge in [0.15, 0.2) is 0 Å². The zero-order valence-electron chi connectivity index (χ0n) is 11.3. The van der Waals surface area contributed by atoms with Crippen LogP contribution in [0.4, 0.5) is 5.69 Å². The van der Waals surface area contributed by atoms with Crippen LogP contribution in [0.1, 0.15) is 25.8 Å². The minimum absolute atomic E-state index is 0.0468. The number of allylic oxidation sites excluding steroid dienone is 2. The predicted molar refractivity (Wildman–Crippen MR) is 72.4 cm³/mol. The average molecular weight is 263 g/mol. The molecule has 0 unspecified atom stereocenters. The molecule has 0 amide bonds. The van der Waals surface area contributed by atoms with Crippen LogP contribution in [0, 0.1) is 10.1 Å². The molecule has 0 aliphatic rings. The highest BCUT2D eigenvalue weighted by atomic mass is 16.6. The van der Waals surface area contributed by atoms with Crippen molar-refractivity contribution in [3.63, 3.8) is 0 Å². The van der Waals surface area contributed by atoms with Gasteiger partial charge < -0.3 is 4.74 Å². The van der Waals surface area contributed by atoms with Gasteiger partial charge >= 0.3 is 0 Å². The molecule has 19 heavy (non-hydrogen) atoms. The van der Waals surface area contributed by atoms with Crippen molar-refractivity contribution in [1.82, 2.24) is 0 Å². The summed E-state index contributed by atoms with van der Waals surface area (Å²) in [7, 11) is 1.44. The van der Waals surface area contributed by atoms with E-state index in [0.717, 1.165) is 5.57 Å². The first-order valence-corrected chi connectivity index (χ1v) is 5.90. The zero-order chi connectivity index (χ0) is 14.4. The van der Waals surface area contributed by atoms with Crippen molar-refractivity contribution in [2.45, 2.75) is 26.7 Å². The van der Waals surface area contributed by atoms with Crippen LogP contribution in [0.25, 0.3) is 0 Å². The number of hydrogen-bond donors (Lipinski definition) is 0. The van der Waals surface area contributed by atoms with Crippen molar-refractivity contribution in [2.24, 2.45) is 0 Å². The number of ether oxygens (including phenoxy) is 1. The summed E-state index contributed by atoms with van der Waals surface area (Å²) < 4.78 is 4.95. The third kappa shape index (κ3) is 4.54. The Labute approximate surface area is 112 Å². The Morgan fingerprint density at radius 1 is 1.42 bits per heavy atom. The highest BCUT2D eigenvalue weighted by molar-refractivity contribution is 5.83. The highest BCUT2D eigenvalue weighted by Gasteiger charge is 2.17. The van der Waals surface area contributed by atoms with Crippen molar-refractivity contribution in [2.75, 3.05) is 7.11 Å². The Morgan fingerprint density at radius 3 is 2.63 bits per heavy atom. The molecule has 0 saturated carbocycles. The first-order valence-electron chi connectivity index (χ1n) is 5.90. The van der Waals surface area contributed by atoms with E-state index in [2.05, 4.69) is 0 Å². The molecule has 0 saturated heterocycles. The van der Waals surface area contributed by atoms with Gasteiger partial charge in [0.05, 0.1) is 18.1 Å². The van der Waals surface area contributed by atoms with Gasteiger partial charge in [-0.3, -0.25) is 14.9 Å². The first-order chi connectivity index (χ1) is 8.93. The van der Waals surface area contributed by atoms with Crippen LogP contribution in [0.15, 0.2) is 29.8 Å². The number of carbonyl (C=O) groups excluding carboxylic acids is 1. The lowest BCUT2D eigenvalue weighted by molar-refractivity contribution is -0.385. The molecule has 1 aromatic carbocycles. The third-order valence-electron chi connectivity index (χ3n) is 2.61. The summed E-state index contributed by atoms with van der Waals surface area (Å²) in [4.78, 5) is 22.2. The Kier molecular flexibility index (Phi) is 5.23. The monoisotopic (exact) mass is 263 g/mol. The number of methoxy groups -OCH3 is 1. The van der Waals surface area contributed by atoms with Crippen LogP contribution in [-0.2, 0) is 11.2 Å². The van der Waals surface area contributed by atoms with Gasteiger partial charge in [0, 0.05) is 18.4 Å². The van der Waals surface area contributed by atoms with Crippen molar-refractivity contribution in [3.8, 4) is 5.75 Å². The van der Waals surface area contributed by atoms with Crippen LogP contribution < -0.4 is 4.74 Å². The molecule has 102 valence electrons. The van der Waals surface area contributed by atoms with Gasteiger partial charge in [-0.05, 0) is 26.0 Å². The van der Waals surface area contributed by atoms with Crippen LogP contribution >= 0.6 is 0 Å². The molecule has 5 nitrogen and oxygen atoms in total. The standard InChI is InChI=1S/C14H17NO4/c1-10(2)4-6-12(16)8-11-5-7-13(19-3)9-14(11)15(17)18/h4-5,7,9H,6,8H2,1-3H3. The molecule has 1 aromatic rings. The minimum Gasteiger partial charge on any atom is -0.497 e. The maximum atomic E-state index is 11.7. The average Bonchev–Trinajstić information content (AvgIpc) is 2.36. The Balaban J connectivity index is 2.91. The summed E-state index contributed by atoms with van der Waals surface area (Å²) in [6, 6.07) is 4.53. The quantitative estimate of drug-likeness (QED) is 0.449. The molecule has 0 aromatic heterocycles. The Morgan fingerprint density at radius 2 is 2.11 bits per heavy atom. The van der Waals surface area contributed by atoms with Gasteiger partial charge in [0.25, 0.3) is 5.69 Å². The van der Waals surface area contributed by atoms with Gasteiger partial charge in [0.1, 0.15) is 11.5 Å². The van der Waals surface area contributed by atoms with Crippen LogP contribution in [0.5, 0.6) is 5.75 Å². The lowest BCUT2D eigenvalue weighted by atomic mass is 10.0. The Bertz CT molecular complexity index is 516. The van der Waals surface area contributed by atoms with Gasteiger partial charge in [-0.2, -0.15) is 0 Å². The number of nitro groups is 1. The van der Waals surface area contributed by atoms with E-state index in [1.165, 1.54) is 13.2 Å². The SMILES string of the molecule is COc1ccc(CC(=O)CC=C(C)C)c([N+](=O)[O-])c1. The second-order valence-electron chi connectivity index (χ2n) is 4.45. The van der Waals surface area contributed by atoms with E-state index in [1.54, 1.807) is 12.1 Å². The van der Waals surface area contributed by atoms with Gasteiger partial charge in [-0.15, -0.1) is 0 Å². The maximum absolute atomic E-state index is 11.7. The molecule has 0 heterocycles. The van der Waals surface area contributed by atoms with Crippen molar-refractivity contribution in [1.29, 1.82) is 0 Å². The summed E-state index contributed by atoms with van der Waals surface area (Å²) in [5.74, 6) is 0.363. The fraction of sp³-hybridized carbons (Fsp3) is 0.357. The van der Waals surface area contributed by atoms with Crippen LogP contribution in [0.3, 0.4) is 0 Å². The number of ketones is 1. The van der Waals surface area contributed by atoms with Gasteiger partial charge in [0.2, 0.25) is 0 Å². The summed E-state index contributed by atoms with van der Waals surface area (Å²) in [6.45, 7) is 3.81. The number of hydrogen-bond acceptors (Lipinski definition) is 4. The molecule has 0 aliphatic carbocycles. The number of Topliss-reactive ketones (excluding diaryl/α,β-unsaturated/α-hetero) is 1. The predicted octanol–water partition coefficient (Wildman–Crippen LogP) is 3.07. The van der Waals surface area contributed by atoms with Crippen LogP contribution in [-0.4, -0.2) is 17.8 Å². The van der Waals surface area contributed by atoms with E-state index in [0.29, 0.717) is 17.7 Å². The van der Waals surface area contributed by atoms with Crippen molar-refractivity contribution >= 4 is 11.5 Å². The van der Waals surface area contributed by atoms with E-state index < -0.39 is 4.92 Å². The van der Waals surface area contributed by atoms with E-state index >= 15 is 0 Å². The molecular formula is C14H17NO4. The van der Waals surface area contributed by atoms with Gasteiger partial charge in [-0.25, -0.2) is 0 Å². The Hall–Kier alpha value is -2.17. The molecule has 1 rings (SSSR count). The lowest BCUT2D eigenvalue weighted by Crippen LogP contribution is -2.04. The first kappa shape index (κ1) is 14.9. The number of nitrogens with zero attached hydrogens (tertiary/aromatic N) is 1. The normalized spacial score (nSPS) is 9.84. The second-order valence-corrected chi connectivity index (χ2v) is 4.45. The largest absolute Gasteiger partial charge is 0.497 e. The molecule has 0 radical (unpaired) electrons. The number of benzene rings is 1. The minimum atomic E-state index is -0.494. The molecule has 0 aliphatic heterocycles.